The van der Waals surface area contributed by atoms with E-state index in [4.69, 9.17) is 0 Å². The lowest BCUT2D eigenvalue weighted by Gasteiger charge is -2.21. The molecule has 1 fully saturated rings. The lowest BCUT2D eigenvalue weighted by atomic mass is 10.2. The predicted octanol–water partition coefficient (Wildman–Crippen LogP) is 1.73. The van der Waals surface area contributed by atoms with E-state index in [0.717, 1.165) is 19.6 Å². The fourth-order valence-corrected chi connectivity index (χ4v) is 2.48. The molecule has 4 heteroatoms. The summed E-state index contributed by atoms with van der Waals surface area (Å²) in [5, 5.41) is 3.32. The van der Waals surface area contributed by atoms with Gasteiger partial charge in [-0.1, -0.05) is 0 Å². The number of hydrogen-bond donors (Lipinski definition) is 1. The van der Waals surface area contributed by atoms with Crippen LogP contribution < -0.4 is 5.32 Å². The highest BCUT2D eigenvalue weighted by molar-refractivity contribution is 7.98. The Morgan fingerprint density at radius 2 is 2.06 bits per heavy atom. The topological polar surface area (TPSA) is 32.3 Å². The van der Waals surface area contributed by atoms with E-state index in [1.807, 2.05) is 23.6 Å². The zero-order valence-electron chi connectivity index (χ0n) is 10.5. The van der Waals surface area contributed by atoms with E-state index in [1.54, 1.807) is 0 Å². The van der Waals surface area contributed by atoms with Gasteiger partial charge in [0.25, 0.3) is 0 Å². The summed E-state index contributed by atoms with van der Waals surface area (Å²) in [5.74, 6) is 1.50. The molecule has 1 atom stereocenters. The Morgan fingerprint density at radius 1 is 1.38 bits per heavy atom. The van der Waals surface area contributed by atoms with Crippen molar-refractivity contribution in [3.63, 3.8) is 0 Å². The van der Waals surface area contributed by atoms with E-state index in [0.29, 0.717) is 0 Å². The molecule has 0 saturated carbocycles. The standard InChI is InChI=1S/C12H24N2OS/c1-11(13-7-3-6-10-16-2)12(15)14-8-4-5-9-14/h11,13H,3-10H2,1-2H3. The molecule has 1 rings (SSSR count). The van der Waals surface area contributed by atoms with Gasteiger partial charge in [0.15, 0.2) is 0 Å². The number of likely N-dealkylation sites (tertiary alicyclic amines) is 1. The molecule has 1 heterocycles. The molecule has 1 N–H and O–H groups in total. The highest BCUT2D eigenvalue weighted by Crippen LogP contribution is 2.09. The molecule has 0 aromatic carbocycles. The molecule has 0 aliphatic carbocycles. The summed E-state index contributed by atoms with van der Waals surface area (Å²) < 4.78 is 0. The smallest absolute Gasteiger partial charge is 0.239 e. The Balaban J connectivity index is 2.08. The molecule has 1 amide bonds. The van der Waals surface area contributed by atoms with Gasteiger partial charge in [-0.3, -0.25) is 4.79 Å². The maximum atomic E-state index is 11.9. The summed E-state index contributed by atoms with van der Waals surface area (Å²) in [6, 6.07) is -0.00706. The van der Waals surface area contributed by atoms with Gasteiger partial charge in [0.1, 0.15) is 0 Å². The van der Waals surface area contributed by atoms with Crippen LogP contribution in [0.3, 0.4) is 0 Å². The van der Waals surface area contributed by atoms with E-state index in [1.165, 1.54) is 31.4 Å². The number of amides is 1. The first-order valence-corrected chi connectivity index (χ1v) is 7.66. The van der Waals surface area contributed by atoms with Crippen LogP contribution in [0.25, 0.3) is 0 Å². The van der Waals surface area contributed by atoms with Crippen molar-refractivity contribution in [3.8, 4) is 0 Å². The number of nitrogens with zero attached hydrogens (tertiary/aromatic N) is 1. The first-order valence-electron chi connectivity index (χ1n) is 6.27. The monoisotopic (exact) mass is 244 g/mol. The fourth-order valence-electron chi connectivity index (χ4n) is 1.99. The quantitative estimate of drug-likeness (QED) is 0.692. The molecule has 0 spiro atoms. The van der Waals surface area contributed by atoms with Crippen molar-refractivity contribution in [2.45, 2.75) is 38.6 Å². The molecule has 0 radical (unpaired) electrons. The number of carbonyl (C=O) groups is 1. The predicted molar refractivity (Wildman–Crippen MR) is 70.9 cm³/mol. The summed E-state index contributed by atoms with van der Waals surface area (Å²) in [7, 11) is 0. The van der Waals surface area contributed by atoms with E-state index < -0.39 is 0 Å². The Bertz CT molecular complexity index is 205. The van der Waals surface area contributed by atoms with Crippen LogP contribution >= 0.6 is 11.8 Å². The van der Waals surface area contributed by atoms with Crippen LogP contribution in [0.4, 0.5) is 0 Å². The average Bonchev–Trinajstić information content (AvgIpc) is 2.81. The SMILES string of the molecule is CSCCCCNC(C)C(=O)N1CCCC1. The van der Waals surface area contributed by atoms with Crippen LogP contribution in [-0.4, -0.2) is 48.5 Å². The van der Waals surface area contributed by atoms with Crippen molar-refractivity contribution < 1.29 is 4.79 Å². The number of thioether (sulfide) groups is 1. The number of nitrogens with one attached hydrogen (secondary N) is 1. The van der Waals surface area contributed by atoms with Gasteiger partial charge in [-0.05, 0) is 51.2 Å². The van der Waals surface area contributed by atoms with Crippen LogP contribution in [0.1, 0.15) is 32.6 Å². The summed E-state index contributed by atoms with van der Waals surface area (Å²) in [4.78, 5) is 13.9. The zero-order chi connectivity index (χ0) is 11.8. The second-order valence-electron chi connectivity index (χ2n) is 4.41. The molecular weight excluding hydrogens is 220 g/mol. The molecular formula is C12H24N2OS. The fraction of sp³-hybridized carbons (Fsp3) is 0.917. The number of rotatable bonds is 7. The molecule has 1 aliphatic rings. The van der Waals surface area contributed by atoms with Gasteiger partial charge in [-0.15, -0.1) is 0 Å². The molecule has 94 valence electrons. The molecule has 3 nitrogen and oxygen atoms in total. The largest absolute Gasteiger partial charge is 0.341 e. The Kier molecular flexibility index (Phi) is 6.88. The van der Waals surface area contributed by atoms with Crippen LogP contribution in [-0.2, 0) is 4.79 Å². The first kappa shape index (κ1) is 13.8. The number of carbonyl (C=O) groups excluding carboxylic acids is 1. The first-order chi connectivity index (χ1) is 7.75. The van der Waals surface area contributed by atoms with Gasteiger partial charge in [-0.25, -0.2) is 0 Å². The normalized spacial score (nSPS) is 17.8. The van der Waals surface area contributed by atoms with E-state index in [2.05, 4.69) is 11.6 Å². The minimum atomic E-state index is -0.00706. The summed E-state index contributed by atoms with van der Waals surface area (Å²) in [5.41, 5.74) is 0. The molecule has 1 aliphatic heterocycles. The molecule has 0 aromatic rings. The van der Waals surface area contributed by atoms with Crippen molar-refractivity contribution in [2.75, 3.05) is 31.6 Å². The van der Waals surface area contributed by atoms with Crippen LogP contribution in [0, 0.1) is 0 Å². The maximum absolute atomic E-state index is 11.9. The summed E-state index contributed by atoms with van der Waals surface area (Å²) >= 11 is 1.88. The van der Waals surface area contributed by atoms with Gasteiger partial charge >= 0.3 is 0 Å². The highest BCUT2D eigenvalue weighted by atomic mass is 32.2. The molecule has 1 unspecified atom stereocenters. The third-order valence-corrected chi connectivity index (χ3v) is 3.71. The molecule has 0 aromatic heterocycles. The third kappa shape index (κ3) is 4.74. The van der Waals surface area contributed by atoms with Crippen molar-refractivity contribution >= 4 is 17.7 Å². The van der Waals surface area contributed by atoms with E-state index in [-0.39, 0.29) is 11.9 Å². The Hall–Kier alpha value is -0.220. The second-order valence-corrected chi connectivity index (χ2v) is 5.39. The van der Waals surface area contributed by atoms with Crippen molar-refractivity contribution in [3.05, 3.63) is 0 Å². The van der Waals surface area contributed by atoms with Gasteiger partial charge in [0.2, 0.25) is 5.91 Å². The minimum Gasteiger partial charge on any atom is -0.341 e. The minimum absolute atomic E-state index is 0.00706. The second kappa shape index (κ2) is 7.96. The maximum Gasteiger partial charge on any atom is 0.239 e. The van der Waals surface area contributed by atoms with Crippen molar-refractivity contribution in [1.29, 1.82) is 0 Å². The van der Waals surface area contributed by atoms with E-state index >= 15 is 0 Å². The number of unbranched alkanes of at least 4 members (excludes halogenated alkanes) is 1. The lowest BCUT2D eigenvalue weighted by molar-refractivity contribution is -0.131. The molecule has 16 heavy (non-hydrogen) atoms. The Morgan fingerprint density at radius 3 is 2.69 bits per heavy atom. The van der Waals surface area contributed by atoms with Crippen molar-refractivity contribution in [2.24, 2.45) is 0 Å². The average molecular weight is 244 g/mol. The summed E-state index contributed by atoms with van der Waals surface area (Å²) in [6.07, 6.45) is 6.88. The summed E-state index contributed by atoms with van der Waals surface area (Å²) in [6.45, 7) is 4.85. The van der Waals surface area contributed by atoms with E-state index in [9.17, 15) is 4.79 Å². The van der Waals surface area contributed by atoms with Crippen LogP contribution in [0.2, 0.25) is 0 Å². The molecule has 0 bridgehead atoms. The van der Waals surface area contributed by atoms with Gasteiger partial charge in [0, 0.05) is 13.1 Å². The third-order valence-electron chi connectivity index (χ3n) is 3.01. The van der Waals surface area contributed by atoms with Gasteiger partial charge in [-0.2, -0.15) is 11.8 Å². The van der Waals surface area contributed by atoms with Crippen LogP contribution in [0.15, 0.2) is 0 Å². The molecule has 1 saturated heterocycles. The zero-order valence-corrected chi connectivity index (χ0v) is 11.3. The number of hydrogen-bond acceptors (Lipinski definition) is 3. The lowest BCUT2D eigenvalue weighted by Crippen LogP contribution is -2.43. The Labute approximate surface area is 103 Å². The van der Waals surface area contributed by atoms with Crippen LogP contribution in [0.5, 0.6) is 0 Å². The van der Waals surface area contributed by atoms with Gasteiger partial charge in [0.05, 0.1) is 6.04 Å². The highest BCUT2D eigenvalue weighted by Gasteiger charge is 2.22. The van der Waals surface area contributed by atoms with Gasteiger partial charge < -0.3 is 10.2 Å². The van der Waals surface area contributed by atoms with Crippen molar-refractivity contribution in [1.82, 2.24) is 10.2 Å².